The van der Waals surface area contributed by atoms with Crippen LogP contribution in [0.4, 0.5) is 5.88 Å². The van der Waals surface area contributed by atoms with Gasteiger partial charge >= 0.3 is 5.97 Å². The van der Waals surface area contributed by atoms with Crippen molar-refractivity contribution in [2.45, 2.75) is 63.6 Å². The molecule has 0 saturated heterocycles. The van der Waals surface area contributed by atoms with Crippen LogP contribution in [0.3, 0.4) is 0 Å². The largest absolute Gasteiger partial charge is 0.462 e. The lowest BCUT2D eigenvalue weighted by Crippen LogP contribution is -2.18. The predicted molar refractivity (Wildman–Crippen MR) is 109 cm³/mol. The fourth-order valence-corrected chi connectivity index (χ4v) is 4.24. The van der Waals surface area contributed by atoms with Gasteiger partial charge in [0.1, 0.15) is 17.1 Å². The van der Waals surface area contributed by atoms with Crippen molar-refractivity contribution in [1.29, 1.82) is 0 Å². The number of hydrogen-bond donors (Lipinski definition) is 1. The Morgan fingerprint density at radius 2 is 1.93 bits per heavy atom. The number of hydrogen-bond acceptors (Lipinski definition) is 8. The van der Waals surface area contributed by atoms with Crippen LogP contribution in [0.5, 0.6) is 0 Å². The second-order valence-electron chi connectivity index (χ2n) is 7.57. The quantitative estimate of drug-likeness (QED) is 0.364. The number of aromatic nitrogens is 3. The van der Waals surface area contributed by atoms with E-state index in [1.165, 1.54) is 18.7 Å². The Labute approximate surface area is 177 Å². The molecule has 30 heavy (non-hydrogen) atoms. The first-order valence-electron chi connectivity index (χ1n) is 10.1. The maximum absolute atomic E-state index is 12.6. The number of furan rings is 1. The molecule has 2 aromatic heterocycles. The molecule has 0 aliphatic heterocycles. The number of anilines is 1. The molecule has 9 nitrogen and oxygen atoms in total. The van der Waals surface area contributed by atoms with Gasteiger partial charge in [-0.15, -0.1) is 10.2 Å². The number of esters is 1. The van der Waals surface area contributed by atoms with Crippen LogP contribution < -0.4 is 5.32 Å². The van der Waals surface area contributed by atoms with Gasteiger partial charge in [-0.05, 0) is 46.5 Å². The summed E-state index contributed by atoms with van der Waals surface area (Å²) in [7, 11) is 0. The fourth-order valence-electron chi connectivity index (χ4n) is 3.43. The Morgan fingerprint density at radius 1 is 1.20 bits per heavy atom. The van der Waals surface area contributed by atoms with Gasteiger partial charge in [-0.2, -0.15) is 0 Å². The van der Waals surface area contributed by atoms with Crippen LogP contribution in [0.15, 0.2) is 9.57 Å². The highest BCUT2D eigenvalue weighted by atomic mass is 32.2. The predicted octanol–water partition coefficient (Wildman–Crippen LogP) is 3.50. The minimum absolute atomic E-state index is 0.0441. The smallest absolute Gasteiger partial charge is 0.344 e. The summed E-state index contributed by atoms with van der Waals surface area (Å²) in [5.74, 6) is 0.381. The van der Waals surface area contributed by atoms with E-state index in [-0.39, 0.29) is 46.8 Å². The molecule has 0 spiro atoms. The Balaban J connectivity index is 1.48. The first-order valence-corrected chi connectivity index (χ1v) is 11.1. The molecular formula is C20H24N4O5S. The standard InChI is InChI=1S/C20H24N4O5S/c1-4-28-19(27)16-15(10(2)25)11(3)29-18(16)21-14(26)9-30-20-23-22-17(12-5-6-12)24(20)13-7-8-13/h12-13H,4-9H2,1-3H3,(H,21,26). The molecule has 1 N–H and O–H groups in total. The van der Waals surface area contributed by atoms with Gasteiger partial charge in [0.2, 0.25) is 11.8 Å². The van der Waals surface area contributed by atoms with Crippen LogP contribution in [0.25, 0.3) is 0 Å². The van der Waals surface area contributed by atoms with E-state index in [4.69, 9.17) is 9.15 Å². The van der Waals surface area contributed by atoms with Gasteiger partial charge in [-0.25, -0.2) is 4.79 Å². The van der Waals surface area contributed by atoms with Gasteiger partial charge in [-0.1, -0.05) is 11.8 Å². The van der Waals surface area contributed by atoms with E-state index in [2.05, 4.69) is 20.1 Å². The van der Waals surface area contributed by atoms with E-state index in [1.54, 1.807) is 13.8 Å². The summed E-state index contributed by atoms with van der Waals surface area (Å²) < 4.78 is 12.7. The van der Waals surface area contributed by atoms with Crippen molar-refractivity contribution >= 4 is 35.3 Å². The Kier molecular flexibility index (Phi) is 5.68. The maximum atomic E-state index is 12.6. The number of thioether (sulfide) groups is 1. The number of ketones is 1. The van der Waals surface area contributed by atoms with Crippen LogP contribution in [0.1, 0.15) is 83.8 Å². The number of Topliss-reactive ketones (excluding diaryl/α,β-unsaturated/α-hetero) is 1. The number of ether oxygens (including phenoxy) is 1. The Morgan fingerprint density at radius 3 is 2.53 bits per heavy atom. The maximum Gasteiger partial charge on any atom is 0.344 e. The summed E-state index contributed by atoms with van der Waals surface area (Å²) in [5, 5.41) is 12.0. The molecule has 0 unspecified atom stereocenters. The zero-order valence-electron chi connectivity index (χ0n) is 17.2. The first-order chi connectivity index (χ1) is 14.4. The summed E-state index contributed by atoms with van der Waals surface area (Å²) in [6, 6.07) is 0.433. The molecule has 0 radical (unpaired) electrons. The van der Waals surface area contributed by atoms with Gasteiger partial charge in [0.25, 0.3) is 0 Å². The lowest BCUT2D eigenvalue weighted by atomic mass is 10.1. The third kappa shape index (κ3) is 4.14. The molecule has 1 amide bonds. The topological polar surface area (TPSA) is 116 Å². The molecular weight excluding hydrogens is 408 g/mol. The zero-order valence-corrected chi connectivity index (χ0v) is 18.0. The van der Waals surface area contributed by atoms with Crippen molar-refractivity contribution in [2.75, 3.05) is 17.7 Å². The van der Waals surface area contributed by atoms with Crippen LogP contribution in [-0.4, -0.2) is 44.8 Å². The van der Waals surface area contributed by atoms with E-state index >= 15 is 0 Å². The van der Waals surface area contributed by atoms with Gasteiger partial charge in [0, 0.05) is 12.0 Å². The van der Waals surface area contributed by atoms with E-state index in [1.807, 2.05) is 0 Å². The van der Waals surface area contributed by atoms with E-state index in [0.717, 1.165) is 36.7 Å². The van der Waals surface area contributed by atoms with Crippen molar-refractivity contribution in [3.8, 4) is 0 Å². The second kappa shape index (κ2) is 8.25. The van der Waals surface area contributed by atoms with E-state index in [0.29, 0.717) is 12.0 Å². The molecule has 2 aliphatic rings. The number of nitrogens with one attached hydrogen (secondary N) is 1. The molecule has 160 valence electrons. The van der Waals surface area contributed by atoms with Crippen molar-refractivity contribution in [1.82, 2.24) is 14.8 Å². The van der Waals surface area contributed by atoms with Crippen molar-refractivity contribution in [3.63, 3.8) is 0 Å². The molecule has 2 heterocycles. The molecule has 0 bridgehead atoms. The Hall–Kier alpha value is -2.62. The van der Waals surface area contributed by atoms with Crippen LogP contribution in [-0.2, 0) is 9.53 Å². The fraction of sp³-hybridized carbons (Fsp3) is 0.550. The molecule has 2 fully saturated rings. The normalized spacial score (nSPS) is 15.8. The lowest BCUT2D eigenvalue weighted by molar-refractivity contribution is -0.113. The van der Waals surface area contributed by atoms with Crippen molar-refractivity contribution in [3.05, 3.63) is 22.7 Å². The highest BCUT2D eigenvalue weighted by Crippen LogP contribution is 2.46. The summed E-state index contributed by atoms with van der Waals surface area (Å²) in [6.45, 7) is 4.72. The SMILES string of the molecule is CCOC(=O)c1c(NC(=O)CSc2nnc(C3CC3)n2C2CC2)oc(C)c1C(C)=O. The number of nitrogens with zero attached hydrogens (tertiary/aromatic N) is 3. The first kappa shape index (κ1) is 20.6. The number of amides is 1. The third-order valence-electron chi connectivity index (χ3n) is 5.05. The molecule has 4 rings (SSSR count). The third-order valence-corrected chi connectivity index (χ3v) is 5.99. The average molecular weight is 433 g/mol. The van der Waals surface area contributed by atoms with Crippen molar-refractivity contribution < 1.29 is 23.5 Å². The average Bonchev–Trinajstić information content (AvgIpc) is 3.62. The monoisotopic (exact) mass is 432 g/mol. The summed E-state index contributed by atoms with van der Waals surface area (Å²) in [4.78, 5) is 36.9. The minimum atomic E-state index is -0.704. The van der Waals surface area contributed by atoms with Gasteiger partial charge in [0.15, 0.2) is 10.9 Å². The molecule has 0 aromatic carbocycles. The second-order valence-corrected chi connectivity index (χ2v) is 8.51. The number of rotatable bonds is 9. The van der Waals surface area contributed by atoms with Crippen LogP contribution in [0, 0.1) is 6.92 Å². The molecule has 10 heteroatoms. The van der Waals surface area contributed by atoms with Gasteiger partial charge < -0.3 is 13.7 Å². The highest BCUT2D eigenvalue weighted by Gasteiger charge is 2.36. The van der Waals surface area contributed by atoms with Gasteiger partial charge in [0.05, 0.1) is 17.9 Å². The summed E-state index contributed by atoms with van der Waals surface area (Å²) in [6.07, 6.45) is 4.51. The van der Waals surface area contributed by atoms with Crippen LogP contribution in [0.2, 0.25) is 0 Å². The molecule has 2 aliphatic carbocycles. The number of carbonyl (C=O) groups excluding carboxylic acids is 3. The summed E-state index contributed by atoms with van der Waals surface area (Å²) in [5.41, 5.74) is 0.0799. The number of aryl methyl sites for hydroxylation is 1. The van der Waals surface area contributed by atoms with Crippen LogP contribution >= 0.6 is 11.8 Å². The van der Waals surface area contributed by atoms with E-state index in [9.17, 15) is 14.4 Å². The van der Waals surface area contributed by atoms with E-state index < -0.39 is 5.97 Å². The van der Waals surface area contributed by atoms with Crippen molar-refractivity contribution in [2.24, 2.45) is 0 Å². The molecule has 2 aromatic rings. The van der Waals surface area contributed by atoms with Gasteiger partial charge in [-0.3, -0.25) is 14.9 Å². The number of carbonyl (C=O) groups is 3. The zero-order chi connectivity index (χ0) is 21.4. The minimum Gasteiger partial charge on any atom is -0.462 e. The summed E-state index contributed by atoms with van der Waals surface area (Å²) >= 11 is 1.30. The molecule has 0 atom stereocenters. The lowest BCUT2D eigenvalue weighted by Gasteiger charge is -2.08. The Bertz CT molecular complexity index is 1000. The highest BCUT2D eigenvalue weighted by molar-refractivity contribution is 7.99. The molecule has 2 saturated carbocycles.